The Morgan fingerprint density at radius 2 is 1.69 bits per heavy atom. The molecule has 0 unspecified atom stereocenters. The van der Waals surface area contributed by atoms with Gasteiger partial charge in [0.2, 0.25) is 9.84 Å². The Morgan fingerprint density at radius 3 is 2.41 bits per heavy atom. The molecule has 4 rings (SSSR count). The van der Waals surface area contributed by atoms with Crippen molar-refractivity contribution >= 4 is 26.4 Å². The molecule has 0 aliphatic carbocycles. The number of para-hydroxylation sites is 1. The second-order valence-electron chi connectivity index (χ2n) is 6.76. The van der Waals surface area contributed by atoms with Crippen LogP contribution < -0.4 is 10.2 Å². The van der Waals surface area contributed by atoms with Gasteiger partial charge in [-0.25, -0.2) is 13.4 Å². The standard InChI is InChI=1S/C20H18F3N3O2S/c21-20(22,23)15-4-2-5-16(13-15)29(27,28)18-8-7-14-3-1-6-17(19(14)25-18)26-11-9-24-10-12-26/h1-8,13,24H,9-12H2. The number of nitrogens with zero attached hydrogens (tertiary/aromatic N) is 2. The van der Waals surface area contributed by atoms with E-state index < -0.39 is 26.5 Å². The number of halogens is 3. The predicted octanol–water partition coefficient (Wildman–Crippen LogP) is 3.50. The zero-order valence-electron chi connectivity index (χ0n) is 15.3. The summed E-state index contributed by atoms with van der Waals surface area (Å²) in [5.41, 5.74) is 0.313. The molecule has 2 aromatic carbocycles. The van der Waals surface area contributed by atoms with Crippen LogP contribution in [0.15, 0.2) is 64.5 Å². The van der Waals surface area contributed by atoms with Gasteiger partial charge >= 0.3 is 6.18 Å². The first kappa shape index (κ1) is 19.7. The zero-order valence-corrected chi connectivity index (χ0v) is 16.1. The van der Waals surface area contributed by atoms with Crippen molar-refractivity contribution in [3.8, 4) is 0 Å². The lowest BCUT2D eigenvalue weighted by molar-refractivity contribution is -0.137. The van der Waals surface area contributed by atoms with Gasteiger partial charge < -0.3 is 10.2 Å². The van der Waals surface area contributed by atoms with Gasteiger partial charge in [-0.15, -0.1) is 0 Å². The number of anilines is 1. The molecule has 0 saturated carbocycles. The van der Waals surface area contributed by atoms with Crippen molar-refractivity contribution in [2.75, 3.05) is 31.1 Å². The van der Waals surface area contributed by atoms with Crippen LogP contribution in [0.1, 0.15) is 5.56 Å². The number of fused-ring (bicyclic) bond motifs is 1. The smallest absolute Gasteiger partial charge is 0.367 e. The Balaban J connectivity index is 1.81. The summed E-state index contributed by atoms with van der Waals surface area (Å²) in [7, 11) is -4.20. The third kappa shape index (κ3) is 3.79. The molecule has 29 heavy (non-hydrogen) atoms. The first-order chi connectivity index (χ1) is 13.8. The predicted molar refractivity (Wildman–Crippen MR) is 104 cm³/mol. The topological polar surface area (TPSA) is 62.3 Å². The summed E-state index contributed by atoms with van der Waals surface area (Å²) in [6.07, 6.45) is -4.63. The van der Waals surface area contributed by atoms with Crippen LogP contribution in [0.3, 0.4) is 0 Å². The molecular formula is C20H18F3N3O2S. The maximum absolute atomic E-state index is 13.0. The van der Waals surface area contributed by atoms with Gasteiger partial charge in [-0.2, -0.15) is 13.2 Å². The maximum atomic E-state index is 13.0. The summed E-state index contributed by atoms with van der Waals surface area (Å²) in [5.74, 6) is 0. The van der Waals surface area contributed by atoms with E-state index in [1.165, 1.54) is 6.07 Å². The summed E-state index contributed by atoms with van der Waals surface area (Å²) in [4.78, 5) is 6.04. The fourth-order valence-electron chi connectivity index (χ4n) is 3.38. The zero-order chi connectivity index (χ0) is 20.6. The van der Waals surface area contributed by atoms with Crippen LogP contribution in [0.5, 0.6) is 0 Å². The van der Waals surface area contributed by atoms with E-state index in [1.54, 1.807) is 6.07 Å². The molecule has 1 aliphatic heterocycles. The quantitative estimate of drug-likeness (QED) is 0.702. The van der Waals surface area contributed by atoms with Crippen LogP contribution in [0.4, 0.5) is 18.9 Å². The molecule has 1 N–H and O–H groups in total. The van der Waals surface area contributed by atoms with Crippen molar-refractivity contribution in [1.82, 2.24) is 10.3 Å². The molecule has 0 amide bonds. The first-order valence-electron chi connectivity index (χ1n) is 9.04. The summed E-state index contributed by atoms with van der Waals surface area (Å²) in [6.45, 7) is 3.12. The van der Waals surface area contributed by atoms with Gasteiger partial charge in [0.15, 0.2) is 5.03 Å². The average molecular weight is 421 g/mol. The fourth-order valence-corrected chi connectivity index (χ4v) is 4.62. The van der Waals surface area contributed by atoms with Crippen LogP contribution in [0.2, 0.25) is 0 Å². The SMILES string of the molecule is O=S(=O)(c1cccc(C(F)(F)F)c1)c1ccc2cccc(N3CCNCC3)c2n1. The minimum atomic E-state index is -4.63. The number of sulfone groups is 1. The summed E-state index contributed by atoms with van der Waals surface area (Å²) in [6, 6.07) is 12.3. The Bertz CT molecular complexity index is 1160. The highest BCUT2D eigenvalue weighted by Gasteiger charge is 2.32. The molecule has 0 radical (unpaired) electrons. The van der Waals surface area contributed by atoms with E-state index in [4.69, 9.17) is 0 Å². The second kappa shape index (κ2) is 7.31. The molecule has 9 heteroatoms. The molecule has 1 saturated heterocycles. The third-order valence-electron chi connectivity index (χ3n) is 4.88. The van der Waals surface area contributed by atoms with Crippen molar-refractivity contribution in [3.05, 3.63) is 60.2 Å². The van der Waals surface area contributed by atoms with Gasteiger partial charge in [-0.1, -0.05) is 18.2 Å². The van der Waals surface area contributed by atoms with Gasteiger partial charge in [-0.05, 0) is 36.4 Å². The Morgan fingerprint density at radius 1 is 0.966 bits per heavy atom. The maximum Gasteiger partial charge on any atom is 0.416 e. The van der Waals surface area contributed by atoms with E-state index in [2.05, 4.69) is 15.2 Å². The number of piperazine rings is 1. The van der Waals surface area contributed by atoms with Crippen LogP contribution in [-0.2, 0) is 16.0 Å². The van der Waals surface area contributed by atoms with Crippen LogP contribution in [-0.4, -0.2) is 39.6 Å². The van der Waals surface area contributed by atoms with Crippen LogP contribution in [0, 0.1) is 0 Å². The average Bonchev–Trinajstić information content (AvgIpc) is 2.73. The highest BCUT2D eigenvalue weighted by molar-refractivity contribution is 7.91. The van der Waals surface area contributed by atoms with E-state index in [1.807, 2.05) is 18.2 Å². The number of rotatable bonds is 3. The minimum Gasteiger partial charge on any atom is -0.367 e. The molecule has 152 valence electrons. The van der Waals surface area contributed by atoms with Gasteiger partial charge in [0.1, 0.15) is 0 Å². The highest BCUT2D eigenvalue weighted by atomic mass is 32.2. The Kier molecular flexibility index (Phi) is 4.95. The fraction of sp³-hybridized carbons (Fsp3) is 0.250. The lowest BCUT2D eigenvalue weighted by Crippen LogP contribution is -2.43. The van der Waals surface area contributed by atoms with Gasteiger partial charge in [-0.3, -0.25) is 0 Å². The third-order valence-corrected chi connectivity index (χ3v) is 6.53. The second-order valence-corrected chi connectivity index (χ2v) is 8.66. The molecule has 5 nitrogen and oxygen atoms in total. The number of aromatic nitrogens is 1. The monoisotopic (exact) mass is 421 g/mol. The van der Waals surface area contributed by atoms with Crippen LogP contribution in [0.25, 0.3) is 10.9 Å². The number of hydrogen-bond acceptors (Lipinski definition) is 5. The Labute approximate surface area is 166 Å². The largest absolute Gasteiger partial charge is 0.416 e. The van der Waals surface area contributed by atoms with Crippen molar-refractivity contribution in [2.24, 2.45) is 0 Å². The normalized spacial score (nSPS) is 15.6. The van der Waals surface area contributed by atoms with E-state index in [0.717, 1.165) is 55.5 Å². The lowest BCUT2D eigenvalue weighted by Gasteiger charge is -2.30. The molecule has 0 bridgehead atoms. The summed E-state index contributed by atoms with van der Waals surface area (Å²) < 4.78 is 65.0. The molecule has 0 atom stereocenters. The molecule has 3 aromatic rings. The molecule has 2 heterocycles. The van der Waals surface area contributed by atoms with Crippen molar-refractivity contribution in [3.63, 3.8) is 0 Å². The van der Waals surface area contributed by atoms with E-state index in [-0.39, 0.29) is 5.03 Å². The number of alkyl halides is 3. The number of benzene rings is 2. The summed E-state index contributed by atoms with van der Waals surface area (Å²) >= 11 is 0. The van der Waals surface area contributed by atoms with Gasteiger partial charge in [0.25, 0.3) is 0 Å². The van der Waals surface area contributed by atoms with E-state index in [9.17, 15) is 21.6 Å². The minimum absolute atomic E-state index is 0.271. The summed E-state index contributed by atoms with van der Waals surface area (Å²) in [5, 5.41) is 3.75. The number of pyridine rings is 1. The van der Waals surface area contributed by atoms with Crippen molar-refractivity contribution in [1.29, 1.82) is 0 Å². The number of nitrogens with one attached hydrogen (secondary N) is 1. The number of hydrogen-bond donors (Lipinski definition) is 1. The highest BCUT2D eigenvalue weighted by Crippen LogP contribution is 2.33. The molecule has 1 fully saturated rings. The van der Waals surface area contributed by atoms with Gasteiger partial charge in [0, 0.05) is 31.6 Å². The van der Waals surface area contributed by atoms with Crippen molar-refractivity contribution < 1.29 is 21.6 Å². The lowest BCUT2D eigenvalue weighted by atomic mass is 10.1. The van der Waals surface area contributed by atoms with Crippen LogP contribution >= 0.6 is 0 Å². The van der Waals surface area contributed by atoms with E-state index >= 15 is 0 Å². The van der Waals surface area contributed by atoms with E-state index in [0.29, 0.717) is 11.6 Å². The Hall–Kier alpha value is -2.65. The molecule has 1 aromatic heterocycles. The van der Waals surface area contributed by atoms with Gasteiger partial charge in [0.05, 0.1) is 21.7 Å². The molecule has 0 spiro atoms. The molecular weight excluding hydrogens is 403 g/mol. The molecule has 1 aliphatic rings. The first-order valence-corrected chi connectivity index (χ1v) is 10.5. The van der Waals surface area contributed by atoms with Crippen molar-refractivity contribution in [2.45, 2.75) is 16.1 Å².